The molecule has 26 heavy (non-hydrogen) atoms. The maximum atomic E-state index is 12.5. The Labute approximate surface area is 146 Å². The van der Waals surface area contributed by atoms with E-state index in [1.807, 2.05) is 0 Å². The van der Waals surface area contributed by atoms with Gasteiger partial charge >= 0.3 is 6.18 Å². The maximum Gasteiger partial charge on any atom is 0.416 e. The van der Waals surface area contributed by atoms with Crippen LogP contribution in [0.4, 0.5) is 24.7 Å². The number of carbonyl (C=O) groups excluding carboxylic acids is 1. The zero-order valence-corrected chi connectivity index (χ0v) is 13.2. The number of benzene rings is 1. The molecule has 2 heterocycles. The van der Waals surface area contributed by atoms with E-state index in [4.69, 9.17) is 4.42 Å². The van der Waals surface area contributed by atoms with Gasteiger partial charge < -0.3 is 15.1 Å². The monoisotopic (exact) mass is 362 g/mol. The molecule has 3 rings (SSSR count). The summed E-state index contributed by atoms with van der Waals surface area (Å²) in [6, 6.07) is 9.11. The molecule has 0 saturated carbocycles. The summed E-state index contributed by atoms with van der Waals surface area (Å²) in [6.45, 7) is 0.379. The number of halogens is 3. The predicted molar refractivity (Wildman–Crippen MR) is 87.5 cm³/mol. The molecule has 0 saturated heterocycles. The van der Waals surface area contributed by atoms with Crippen LogP contribution in [-0.2, 0) is 12.7 Å². The number of alkyl halides is 3. The highest BCUT2D eigenvalue weighted by Crippen LogP contribution is 2.29. The van der Waals surface area contributed by atoms with Crippen LogP contribution in [0.3, 0.4) is 0 Å². The molecule has 0 spiro atoms. The number of amides is 1. The fourth-order valence-electron chi connectivity index (χ4n) is 2.11. The average Bonchev–Trinajstić information content (AvgIpc) is 3.13. The van der Waals surface area contributed by atoms with Crippen molar-refractivity contribution in [1.82, 2.24) is 9.97 Å². The Hall–Kier alpha value is -3.36. The Kier molecular flexibility index (Phi) is 4.87. The van der Waals surface area contributed by atoms with Crippen molar-refractivity contribution >= 4 is 17.4 Å². The third-order valence-electron chi connectivity index (χ3n) is 3.39. The van der Waals surface area contributed by atoms with Crippen LogP contribution in [0.5, 0.6) is 0 Å². The largest absolute Gasteiger partial charge is 0.467 e. The molecule has 0 unspecified atom stereocenters. The molecule has 1 amide bonds. The quantitative estimate of drug-likeness (QED) is 0.718. The number of nitrogens with zero attached hydrogens (tertiary/aromatic N) is 2. The molecular weight excluding hydrogens is 349 g/mol. The van der Waals surface area contributed by atoms with Gasteiger partial charge in [0.25, 0.3) is 5.91 Å². The molecule has 3 aromatic rings. The molecule has 0 aliphatic carbocycles. The molecule has 0 aliphatic rings. The highest BCUT2D eigenvalue weighted by atomic mass is 19.4. The average molecular weight is 362 g/mol. The van der Waals surface area contributed by atoms with Gasteiger partial charge in [0.15, 0.2) is 0 Å². The Morgan fingerprint density at radius 1 is 1.12 bits per heavy atom. The fraction of sp³-hybridized carbons (Fsp3) is 0.118. The number of hydrogen-bond donors (Lipinski definition) is 2. The Balaban J connectivity index is 1.65. The highest BCUT2D eigenvalue weighted by molar-refractivity contribution is 6.03. The minimum atomic E-state index is -4.43. The van der Waals surface area contributed by atoms with Crippen molar-refractivity contribution < 1.29 is 22.4 Å². The zero-order valence-electron chi connectivity index (χ0n) is 13.2. The molecule has 134 valence electrons. The van der Waals surface area contributed by atoms with E-state index in [2.05, 4.69) is 20.6 Å². The second kappa shape index (κ2) is 7.26. The zero-order chi connectivity index (χ0) is 18.6. The standard InChI is InChI=1S/C17H13F3N4O2/c18-17(19,20)11-3-5-12(6-4-11)24-16(25)14-8-15(23-10-22-14)21-9-13-2-1-7-26-13/h1-8,10H,9H2,(H,24,25)(H,21,22,23). The van der Waals surface area contributed by atoms with E-state index in [-0.39, 0.29) is 11.4 Å². The van der Waals surface area contributed by atoms with Gasteiger partial charge in [0.2, 0.25) is 0 Å². The van der Waals surface area contributed by atoms with Crippen molar-refractivity contribution in [2.24, 2.45) is 0 Å². The predicted octanol–water partition coefficient (Wildman–Crippen LogP) is 3.95. The first-order valence-electron chi connectivity index (χ1n) is 7.49. The number of rotatable bonds is 5. The lowest BCUT2D eigenvalue weighted by Crippen LogP contribution is -2.15. The van der Waals surface area contributed by atoms with Crippen LogP contribution in [0.1, 0.15) is 21.8 Å². The number of furan rings is 1. The molecule has 6 nitrogen and oxygen atoms in total. The Morgan fingerprint density at radius 3 is 2.54 bits per heavy atom. The van der Waals surface area contributed by atoms with Crippen LogP contribution < -0.4 is 10.6 Å². The Bertz CT molecular complexity index is 878. The van der Waals surface area contributed by atoms with Gasteiger partial charge in [0.1, 0.15) is 23.6 Å². The van der Waals surface area contributed by atoms with Gasteiger partial charge in [-0.1, -0.05) is 0 Å². The lowest BCUT2D eigenvalue weighted by Gasteiger charge is -2.09. The normalized spacial score (nSPS) is 11.2. The minimum absolute atomic E-state index is 0.0712. The fourth-order valence-corrected chi connectivity index (χ4v) is 2.11. The smallest absolute Gasteiger partial charge is 0.416 e. The van der Waals surface area contributed by atoms with Gasteiger partial charge in [-0.2, -0.15) is 13.2 Å². The molecule has 2 aromatic heterocycles. The van der Waals surface area contributed by atoms with E-state index in [0.717, 1.165) is 12.1 Å². The number of carbonyl (C=O) groups is 1. The first-order chi connectivity index (χ1) is 12.4. The highest BCUT2D eigenvalue weighted by Gasteiger charge is 2.30. The van der Waals surface area contributed by atoms with E-state index < -0.39 is 17.6 Å². The second-order valence-corrected chi connectivity index (χ2v) is 5.25. The van der Waals surface area contributed by atoms with Gasteiger partial charge in [0.05, 0.1) is 18.4 Å². The van der Waals surface area contributed by atoms with Crippen LogP contribution in [0, 0.1) is 0 Å². The summed E-state index contributed by atoms with van der Waals surface area (Å²) in [7, 11) is 0. The molecule has 0 fully saturated rings. The second-order valence-electron chi connectivity index (χ2n) is 5.25. The molecular formula is C17H13F3N4O2. The topological polar surface area (TPSA) is 80.0 Å². The maximum absolute atomic E-state index is 12.5. The number of nitrogens with one attached hydrogen (secondary N) is 2. The summed E-state index contributed by atoms with van der Waals surface area (Å²) < 4.78 is 42.8. The third kappa shape index (κ3) is 4.38. The molecule has 0 atom stereocenters. The van der Waals surface area contributed by atoms with Crippen LogP contribution in [-0.4, -0.2) is 15.9 Å². The van der Waals surface area contributed by atoms with Crippen molar-refractivity contribution in [3.8, 4) is 0 Å². The van der Waals surface area contributed by atoms with E-state index in [1.54, 1.807) is 18.4 Å². The van der Waals surface area contributed by atoms with E-state index in [9.17, 15) is 18.0 Å². The Morgan fingerprint density at radius 2 is 1.88 bits per heavy atom. The van der Waals surface area contributed by atoms with Crippen LogP contribution in [0.15, 0.2) is 59.5 Å². The van der Waals surface area contributed by atoms with E-state index in [1.165, 1.54) is 24.5 Å². The number of hydrogen-bond acceptors (Lipinski definition) is 5. The lowest BCUT2D eigenvalue weighted by molar-refractivity contribution is -0.137. The van der Waals surface area contributed by atoms with Gasteiger partial charge in [-0.25, -0.2) is 9.97 Å². The summed E-state index contributed by atoms with van der Waals surface area (Å²) in [4.78, 5) is 20.1. The summed E-state index contributed by atoms with van der Waals surface area (Å²) >= 11 is 0. The van der Waals surface area contributed by atoms with Gasteiger partial charge in [-0.3, -0.25) is 4.79 Å². The summed E-state index contributed by atoms with van der Waals surface area (Å²) in [5, 5.41) is 5.47. The van der Waals surface area contributed by atoms with Crippen LogP contribution in [0.2, 0.25) is 0 Å². The van der Waals surface area contributed by atoms with E-state index >= 15 is 0 Å². The SMILES string of the molecule is O=C(Nc1ccc(C(F)(F)F)cc1)c1cc(NCc2ccco2)ncn1. The summed E-state index contributed by atoms with van der Waals surface area (Å²) in [6.07, 6.45) is -1.67. The van der Waals surface area contributed by atoms with Gasteiger partial charge in [-0.05, 0) is 36.4 Å². The summed E-state index contributed by atoms with van der Waals surface area (Å²) in [5.74, 6) is 0.543. The molecule has 9 heteroatoms. The first kappa shape index (κ1) is 17.5. The summed E-state index contributed by atoms with van der Waals surface area (Å²) in [5.41, 5.74) is -0.490. The van der Waals surface area contributed by atoms with Crippen molar-refractivity contribution in [3.63, 3.8) is 0 Å². The third-order valence-corrected chi connectivity index (χ3v) is 3.39. The van der Waals surface area contributed by atoms with Crippen molar-refractivity contribution in [2.75, 3.05) is 10.6 Å². The number of aromatic nitrogens is 2. The number of anilines is 2. The molecule has 1 aromatic carbocycles. The van der Waals surface area contributed by atoms with Crippen molar-refractivity contribution in [1.29, 1.82) is 0 Å². The lowest BCUT2D eigenvalue weighted by atomic mass is 10.2. The molecule has 0 radical (unpaired) electrons. The minimum Gasteiger partial charge on any atom is -0.467 e. The van der Waals surface area contributed by atoms with Crippen molar-refractivity contribution in [3.05, 3.63) is 72.1 Å². The first-order valence-corrected chi connectivity index (χ1v) is 7.49. The van der Waals surface area contributed by atoms with Gasteiger partial charge in [0, 0.05) is 11.8 Å². The molecule has 2 N–H and O–H groups in total. The van der Waals surface area contributed by atoms with E-state index in [0.29, 0.717) is 18.1 Å². The van der Waals surface area contributed by atoms with Crippen molar-refractivity contribution in [2.45, 2.75) is 12.7 Å². The molecule has 0 aliphatic heterocycles. The van der Waals surface area contributed by atoms with Crippen LogP contribution >= 0.6 is 0 Å². The van der Waals surface area contributed by atoms with Gasteiger partial charge in [-0.15, -0.1) is 0 Å². The molecule has 0 bridgehead atoms. The van der Waals surface area contributed by atoms with Crippen LogP contribution in [0.25, 0.3) is 0 Å².